The Morgan fingerprint density at radius 1 is 1.14 bits per heavy atom. The van der Waals surface area contributed by atoms with Gasteiger partial charge in [-0.2, -0.15) is 0 Å². The molecule has 21 heavy (non-hydrogen) atoms. The summed E-state index contributed by atoms with van der Waals surface area (Å²) in [6.07, 6.45) is -1.19. The third-order valence-electron chi connectivity index (χ3n) is 2.94. The number of halogens is 2. The molecule has 2 aromatic rings. The second-order valence-corrected chi connectivity index (χ2v) is 7.30. The Kier molecular flexibility index (Phi) is 4.98. The molecule has 0 amide bonds. The van der Waals surface area contributed by atoms with Crippen LogP contribution in [0.5, 0.6) is 0 Å². The largest absolute Gasteiger partial charge is 0.387 e. The van der Waals surface area contributed by atoms with Gasteiger partial charge < -0.3 is 5.11 Å². The zero-order chi connectivity index (χ0) is 15.5. The topological polar surface area (TPSA) is 54.4 Å². The Balaban J connectivity index is 2.08. The highest BCUT2D eigenvalue weighted by Crippen LogP contribution is 2.19. The van der Waals surface area contributed by atoms with Crippen LogP contribution in [0.3, 0.4) is 0 Å². The van der Waals surface area contributed by atoms with Crippen molar-refractivity contribution in [2.24, 2.45) is 0 Å². The quantitative estimate of drug-likeness (QED) is 0.917. The molecule has 1 unspecified atom stereocenters. The molecule has 0 heterocycles. The highest BCUT2D eigenvalue weighted by molar-refractivity contribution is 7.90. The van der Waals surface area contributed by atoms with E-state index in [0.717, 1.165) is 0 Å². The molecule has 112 valence electrons. The SMILES string of the molecule is O=S(=O)(Cc1cccc(Cl)c1)CC(O)c1ccc(F)cc1. The van der Waals surface area contributed by atoms with Crippen molar-refractivity contribution in [3.63, 3.8) is 0 Å². The molecule has 0 spiro atoms. The fourth-order valence-electron chi connectivity index (χ4n) is 1.96. The molecule has 0 aliphatic rings. The van der Waals surface area contributed by atoms with Crippen LogP contribution in [0.2, 0.25) is 5.02 Å². The van der Waals surface area contributed by atoms with Crippen LogP contribution >= 0.6 is 11.6 Å². The van der Waals surface area contributed by atoms with Crippen molar-refractivity contribution in [1.82, 2.24) is 0 Å². The molecular weight excluding hydrogens is 315 g/mol. The second kappa shape index (κ2) is 6.56. The van der Waals surface area contributed by atoms with Crippen LogP contribution in [0, 0.1) is 5.82 Å². The van der Waals surface area contributed by atoms with Crippen molar-refractivity contribution in [1.29, 1.82) is 0 Å². The van der Waals surface area contributed by atoms with Crippen molar-refractivity contribution in [2.75, 3.05) is 5.75 Å². The van der Waals surface area contributed by atoms with E-state index < -0.39 is 27.5 Å². The van der Waals surface area contributed by atoms with Gasteiger partial charge in [-0.05, 0) is 35.4 Å². The summed E-state index contributed by atoms with van der Waals surface area (Å²) in [5.41, 5.74) is 0.930. The van der Waals surface area contributed by atoms with E-state index in [1.165, 1.54) is 24.3 Å². The van der Waals surface area contributed by atoms with Crippen LogP contribution in [-0.4, -0.2) is 19.3 Å². The number of aliphatic hydroxyl groups excluding tert-OH is 1. The summed E-state index contributed by atoms with van der Waals surface area (Å²) in [5, 5.41) is 10.4. The molecule has 1 N–H and O–H groups in total. The maximum absolute atomic E-state index is 12.8. The molecule has 3 nitrogen and oxygen atoms in total. The highest BCUT2D eigenvalue weighted by Gasteiger charge is 2.19. The molecule has 2 rings (SSSR count). The first-order valence-corrected chi connectivity index (χ1v) is 8.44. The minimum absolute atomic E-state index is 0.203. The molecule has 2 aromatic carbocycles. The summed E-state index contributed by atoms with van der Waals surface area (Å²) < 4.78 is 37.0. The van der Waals surface area contributed by atoms with E-state index in [0.29, 0.717) is 16.1 Å². The molecule has 0 saturated heterocycles. The molecule has 0 radical (unpaired) electrons. The van der Waals surface area contributed by atoms with Crippen molar-refractivity contribution in [2.45, 2.75) is 11.9 Å². The van der Waals surface area contributed by atoms with Gasteiger partial charge in [0, 0.05) is 5.02 Å². The highest BCUT2D eigenvalue weighted by atomic mass is 35.5. The van der Waals surface area contributed by atoms with Crippen molar-refractivity contribution in [3.8, 4) is 0 Å². The molecule has 0 bridgehead atoms. The van der Waals surface area contributed by atoms with E-state index >= 15 is 0 Å². The van der Waals surface area contributed by atoms with Gasteiger partial charge in [0.2, 0.25) is 0 Å². The lowest BCUT2D eigenvalue weighted by Gasteiger charge is -2.12. The summed E-state index contributed by atoms with van der Waals surface area (Å²) in [7, 11) is -3.51. The summed E-state index contributed by atoms with van der Waals surface area (Å²) >= 11 is 5.81. The van der Waals surface area contributed by atoms with Gasteiger partial charge in [-0.15, -0.1) is 0 Å². The van der Waals surface area contributed by atoms with E-state index in [4.69, 9.17) is 11.6 Å². The predicted octanol–water partition coefficient (Wildman–Crippen LogP) is 3.13. The molecule has 1 atom stereocenters. The van der Waals surface area contributed by atoms with Gasteiger partial charge in [-0.1, -0.05) is 35.9 Å². The van der Waals surface area contributed by atoms with Gasteiger partial charge >= 0.3 is 0 Å². The Morgan fingerprint density at radius 3 is 2.43 bits per heavy atom. The Labute approximate surface area is 127 Å². The van der Waals surface area contributed by atoms with Crippen LogP contribution in [-0.2, 0) is 15.6 Å². The minimum atomic E-state index is -3.51. The lowest BCUT2D eigenvalue weighted by atomic mass is 10.1. The summed E-state index contributed by atoms with van der Waals surface area (Å²) in [5.74, 6) is -1.07. The first kappa shape index (κ1) is 15.9. The van der Waals surface area contributed by atoms with E-state index in [9.17, 15) is 17.9 Å². The van der Waals surface area contributed by atoms with Crippen LogP contribution in [0.25, 0.3) is 0 Å². The number of benzene rings is 2. The van der Waals surface area contributed by atoms with Gasteiger partial charge in [0.05, 0.1) is 17.6 Å². The average Bonchev–Trinajstić information content (AvgIpc) is 2.38. The second-order valence-electron chi connectivity index (χ2n) is 4.75. The minimum Gasteiger partial charge on any atom is -0.387 e. The molecule has 0 saturated carbocycles. The summed E-state index contributed by atoms with van der Waals surface area (Å²) in [6.45, 7) is 0. The predicted molar refractivity (Wildman–Crippen MR) is 80.3 cm³/mol. The number of sulfone groups is 1. The fraction of sp³-hybridized carbons (Fsp3) is 0.200. The molecule has 6 heteroatoms. The van der Waals surface area contributed by atoms with Crippen molar-refractivity contribution >= 4 is 21.4 Å². The fourth-order valence-corrected chi connectivity index (χ4v) is 3.65. The standard InChI is InChI=1S/C15H14ClFO3S/c16-13-3-1-2-11(8-13)9-21(19,20)10-15(18)12-4-6-14(17)7-5-12/h1-8,15,18H,9-10H2. The number of aliphatic hydroxyl groups is 1. The van der Waals surface area contributed by atoms with Gasteiger partial charge in [0.1, 0.15) is 5.82 Å². The van der Waals surface area contributed by atoms with Crippen LogP contribution in [0.15, 0.2) is 48.5 Å². The lowest BCUT2D eigenvalue weighted by Crippen LogP contribution is -2.16. The normalized spacial score (nSPS) is 13.1. The summed E-state index contributed by atoms with van der Waals surface area (Å²) in [6, 6.07) is 11.7. The van der Waals surface area contributed by atoms with E-state index in [1.807, 2.05) is 0 Å². The number of hydrogen-bond acceptors (Lipinski definition) is 3. The average molecular weight is 329 g/mol. The number of hydrogen-bond donors (Lipinski definition) is 1. The van der Waals surface area contributed by atoms with E-state index in [2.05, 4.69) is 0 Å². The Morgan fingerprint density at radius 2 is 1.81 bits per heavy atom. The summed E-state index contributed by atoms with van der Waals surface area (Å²) in [4.78, 5) is 0. The van der Waals surface area contributed by atoms with Crippen molar-refractivity contribution < 1.29 is 17.9 Å². The van der Waals surface area contributed by atoms with E-state index in [-0.39, 0.29) is 5.75 Å². The maximum Gasteiger partial charge on any atom is 0.157 e. The van der Waals surface area contributed by atoms with Crippen molar-refractivity contribution in [3.05, 3.63) is 70.5 Å². The molecular formula is C15H14ClFO3S. The van der Waals surface area contributed by atoms with Gasteiger partial charge in [0.15, 0.2) is 9.84 Å². The van der Waals surface area contributed by atoms with Crippen LogP contribution < -0.4 is 0 Å². The third kappa shape index (κ3) is 4.81. The first-order chi connectivity index (χ1) is 9.85. The van der Waals surface area contributed by atoms with Crippen LogP contribution in [0.1, 0.15) is 17.2 Å². The Bertz CT molecular complexity index is 714. The smallest absolute Gasteiger partial charge is 0.157 e. The Hall–Kier alpha value is -1.43. The van der Waals surface area contributed by atoms with E-state index in [1.54, 1.807) is 24.3 Å². The van der Waals surface area contributed by atoms with Gasteiger partial charge in [-0.3, -0.25) is 0 Å². The van der Waals surface area contributed by atoms with Gasteiger partial charge in [0.25, 0.3) is 0 Å². The first-order valence-electron chi connectivity index (χ1n) is 6.24. The lowest BCUT2D eigenvalue weighted by molar-refractivity contribution is 0.201. The number of rotatable bonds is 5. The zero-order valence-corrected chi connectivity index (χ0v) is 12.6. The molecule has 0 aromatic heterocycles. The molecule has 0 aliphatic heterocycles. The molecule has 0 aliphatic carbocycles. The van der Waals surface area contributed by atoms with Gasteiger partial charge in [-0.25, -0.2) is 12.8 Å². The monoisotopic (exact) mass is 328 g/mol. The van der Waals surface area contributed by atoms with Crippen LogP contribution in [0.4, 0.5) is 4.39 Å². The zero-order valence-electron chi connectivity index (χ0n) is 11.0. The maximum atomic E-state index is 12.8. The third-order valence-corrected chi connectivity index (χ3v) is 4.77. The molecule has 0 fully saturated rings.